The molecule has 0 aromatic heterocycles. The quantitative estimate of drug-likeness (QED) is 0.249. The number of methoxy groups -OCH3 is 1. The Morgan fingerprint density at radius 3 is 2.20 bits per heavy atom. The third-order valence-corrected chi connectivity index (χ3v) is 5.04. The predicted molar refractivity (Wildman–Crippen MR) is 106 cm³/mol. The van der Waals surface area contributed by atoms with Crippen LogP contribution in [0, 0.1) is 0 Å². The van der Waals surface area contributed by atoms with E-state index in [1.165, 1.54) is 25.1 Å². The smallest absolute Gasteiger partial charge is 0.432 e. The van der Waals surface area contributed by atoms with Gasteiger partial charge in [-0.2, -0.15) is 13.2 Å². The van der Waals surface area contributed by atoms with Crippen molar-refractivity contribution in [3.05, 3.63) is 35.9 Å². The Morgan fingerprint density at radius 1 is 1.07 bits per heavy atom. The molecule has 1 aromatic rings. The fraction of sp³-hybridized carbons (Fsp3) is 0.619. The molecule has 0 amide bonds. The van der Waals surface area contributed by atoms with Gasteiger partial charge in [-0.15, -0.1) is 11.6 Å². The van der Waals surface area contributed by atoms with Crippen LogP contribution in [0.15, 0.2) is 30.3 Å². The first-order valence-electron chi connectivity index (χ1n) is 9.84. The summed E-state index contributed by atoms with van der Waals surface area (Å²) in [6.07, 6.45) is -3.19. The first-order chi connectivity index (χ1) is 14.2. The number of unbranched alkanes of at least 4 members (excludes halogenated alkanes) is 3. The van der Waals surface area contributed by atoms with Crippen molar-refractivity contribution in [3.63, 3.8) is 0 Å². The van der Waals surface area contributed by atoms with E-state index in [4.69, 9.17) is 21.1 Å². The maximum absolute atomic E-state index is 14.0. The van der Waals surface area contributed by atoms with E-state index in [1.54, 1.807) is 0 Å². The van der Waals surface area contributed by atoms with Crippen molar-refractivity contribution < 1.29 is 37.0 Å². The Labute approximate surface area is 179 Å². The van der Waals surface area contributed by atoms with Gasteiger partial charge in [0, 0.05) is 12.7 Å². The lowest BCUT2D eigenvalue weighted by atomic mass is 9.92. The number of benzene rings is 1. The largest absolute Gasteiger partial charge is 0.463 e. The fourth-order valence-electron chi connectivity index (χ4n) is 3.00. The average Bonchev–Trinajstić information content (AvgIpc) is 2.70. The molecule has 5 nitrogen and oxygen atoms in total. The number of alkyl halides is 4. The summed E-state index contributed by atoms with van der Waals surface area (Å²) < 4.78 is 56.7. The minimum atomic E-state index is -5.15. The molecule has 0 N–H and O–H groups in total. The highest BCUT2D eigenvalue weighted by atomic mass is 35.5. The molecule has 0 spiro atoms. The highest BCUT2D eigenvalue weighted by Crippen LogP contribution is 2.43. The van der Waals surface area contributed by atoms with Crippen molar-refractivity contribution in [3.8, 4) is 0 Å². The van der Waals surface area contributed by atoms with Gasteiger partial charge in [-0.25, -0.2) is 9.59 Å². The molecule has 0 radical (unpaired) electrons. The van der Waals surface area contributed by atoms with Gasteiger partial charge in [0.15, 0.2) is 0 Å². The van der Waals surface area contributed by atoms with Crippen molar-refractivity contribution in [2.24, 2.45) is 0 Å². The molecular weight excluding hydrogens is 425 g/mol. The molecule has 170 valence electrons. The zero-order chi connectivity index (χ0) is 22.8. The summed E-state index contributed by atoms with van der Waals surface area (Å²) >= 11 is 6.25. The van der Waals surface area contributed by atoms with Crippen molar-refractivity contribution in [1.29, 1.82) is 0 Å². The summed E-state index contributed by atoms with van der Waals surface area (Å²) in [5.74, 6) is -2.78. The number of ether oxygens (including phenoxy) is 3. The summed E-state index contributed by atoms with van der Waals surface area (Å²) in [6.45, 7) is 3.51. The number of rotatable bonds is 12. The molecule has 0 fully saturated rings. The van der Waals surface area contributed by atoms with E-state index in [-0.39, 0.29) is 13.0 Å². The summed E-state index contributed by atoms with van der Waals surface area (Å²) in [5.41, 5.74) is -3.88. The molecule has 9 heteroatoms. The molecule has 0 aliphatic rings. The first kappa shape index (κ1) is 26.2. The Bertz CT molecular complexity index is 668. The molecule has 0 saturated heterocycles. The number of carbonyl (C=O) groups is 2. The molecule has 1 aromatic carbocycles. The second kappa shape index (κ2) is 12.2. The van der Waals surface area contributed by atoms with E-state index in [9.17, 15) is 22.8 Å². The lowest BCUT2D eigenvalue weighted by Gasteiger charge is -2.34. The Hall–Kier alpha value is -1.80. The maximum atomic E-state index is 14.0. The van der Waals surface area contributed by atoms with Crippen LogP contribution in [0.2, 0.25) is 0 Å². The van der Waals surface area contributed by atoms with Gasteiger partial charge in [0.25, 0.3) is 5.60 Å². The second-order valence-corrected chi connectivity index (χ2v) is 7.25. The SMILES string of the molecule is CCCCCC[C@@H](Cl)[C@@H](OC(=O)C(OC)(c1ccccc1)C(F)(F)F)C(=O)OCC. The van der Waals surface area contributed by atoms with Crippen LogP contribution in [0.25, 0.3) is 0 Å². The number of halogens is 4. The minimum Gasteiger partial charge on any atom is -0.463 e. The Morgan fingerprint density at radius 2 is 1.70 bits per heavy atom. The number of esters is 2. The highest BCUT2D eigenvalue weighted by Gasteiger charge is 2.64. The van der Waals surface area contributed by atoms with Crippen LogP contribution in [-0.4, -0.2) is 43.3 Å². The first-order valence-corrected chi connectivity index (χ1v) is 10.3. The van der Waals surface area contributed by atoms with Gasteiger partial charge in [-0.1, -0.05) is 62.9 Å². The van der Waals surface area contributed by atoms with E-state index in [0.29, 0.717) is 6.42 Å². The highest BCUT2D eigenvalue weighted by molar-refractivity contribution is 6.22. The van der Waals surface area contributed by atoms with Crippen LogP contribution < -0.4 is 0 Å². The molecule has 1 rings (SSSR count). The molecule has 0 saturated carbocycles. The van der Waals surface area contributed by atoms with Gasteiger partial charge in [0.1, 0.15) is 0 Å². The van der Waals surface area contributed by atoms with Gasteiger partial charge in [0.2, 0.25) is 6.10 Å². The maximum Gasteiger partial charge on any atom is 0.432 e. The van der Waals surface area contributed by atoms with Crippen molar-refractivity contribution in [1.82, 2.24) is 0 Å². The zero-order valence-corrected chi connectivity index (χ0v) is 18.1. The number of hydrogen-bond donors (Lipinski definition) is 0. The summed E-state index contributed by atoms with van der Waals surface area (Å²) in [5, 5.41) is -1.04. The van der Waals surface area contributed by atoms with Crippen LogP contribution in [0.3, 0.4) is 0 Å². The molecule has 1 unspecified atom stereocenters. The minimum absolute atomic E-state index is 0.0420. The van der Waals surface area contributed by atoms with Gasteiger partial charge in [-0.3, -0.25) is 0 Å². The van der Waals surface area contributed by atoms with Crippen molar-refractivity contribution in [2.75, 3.05) is 13.7 Å². The molecule has 0 aliphatic carbocycles. The summed E-state index contributed by atoms with van der Waals surface area (Å²) in [4.78, 5) is 25.1. The van der Waals surface area contributed by atoms with E-state index in [0.717, 1.165) is 38.5 Å². The predicted octanol–water partition coefficient (Wildman–Crippen LogP) is 5.14. The Balaban J connectivity index is 3.20. The van der Waals surface area contributed by atoms with Gasteiger partial charge in [0.05, 0.1) is 12.0 Å². The molecule has 0 heterocycles. The summed E-state index contributed by atoms with van der Waals surface area (Å²) in [6, 6.07) is 6.37. The van der Waals surface area contributed by atoms with Crippen LogP contribution >= 0.6 is 11.6 Å². The number of carbonyl (C=O) groups excluding carboxylic acids is 2. The standard InChI is InChI=1S/C21H28ClF3O5/c1-4-6-7-11-14-16(22)17(18(26)29-5-2)30-19(27)20(28-3,21(23,24)25)15-12-9-8-10-13-15/h8-10,12-13,16-17H,4-7,11,14H2,1-3H3/t16-,17-,20?/m1/s1. The Kier molecular flexibility index (Phi) is 10.6. The van der Waals surface area contributed by atoms with E-state index < -0.39 is 40.8 Å². The van der Waals surface area contributed by atoms with Crippen LogP contribution in [-0.2, 0) is 29.4 Å². The van der Waals surface area contributed by atoms with Gasteiger partial charge < -0.3 is 14.2 Å². The molecule has 30 heavy (non-hydrogen) atoms. The van der Waals surface area contributed by atoms with E-state index in [1.807, 2.05) is 6.92 Å². The van der Waals surface area contributed by atoms with Crippen LogP contribution in [0.5, 0.6) is 0 Å². The lowest BCUT2D eigenvalue weighted by molar-refractivity contribution is -0.278. The molecule has 3 atom stereocenters. The topological polar surface area (TPSA) is 61.8 Å². The fourth-order valence-corrected chi connectivity index (χ4v) is 3.31. The van der Waals surface area contributed by atoms with E-state index >= 15 is 0 Å². The third-order valence-electron chi connectivity index (χ3n) is 4.59. The van der Waals surface area contributed by atoms with Crippen LogP contribution in [0.1, 0.15) is 51.5 Å². The van der Waals surface area contributed by atoms with Gasteiger partial charge >= 0.3 is 18.1 Å². The third kappa shape index (κ3) is 6.35. The zero-order valence-electron chi connectivity index (χ0n) is 17.3. The average molecular weight is 453 g/mol. The van der Waals surface area contributed by atoms with Crippen molar-refractivity contribution in [2.45, 2.75) is 69.2 Å². The molecular formula is C21H28ClF3O5. The molecule has 0 bridgehead atoms. The monoisotopic (exact) mass is 452 g/mol. The lowest BCUT2D eigenvalue weighted by Crippen LogP contribution is -2.54. The summed E-state index contributed by atoms with van der Waals surface area (Å²) in [7, 11) is 0.754. The van der Waals surface area contributed by atoms with Gasteiger partial charge in [-0.05, 0) is 13.3 Å². The van der Waals surface area contributed by atoms with E-state index in [2.05, 4.69) is 4.74 Å². The normalized spacial score (nSPS) is 15.7. The molecule has 0 aliphatic heterocycles. The van der Waals surface area contributed by atoms with Crippen LogP contribution in [0.4, 0.5) is 13.2 Å². The van der Waals surface area contributed by atoms with Crippen molar-refractivity contribution >= 4 is 23.5 Å². The second-order valence-electron chi connectivity index (χ2n) is 6.69. The number of hydrogen-bond acceptors (Lipinski definition) is 5.